The minimum Gasteiger partial charge on any atom is -0.317 e. The molecule has 0 atom stereocenters. The van der Waals surface area contributed by atoms with E-state index in [-0.39, 0.29) is 32.1 Å². The zero-order chi connectivity index (χ0) is 19.3. The maximum atomic E-state index is 13.6. The number of alkyl halides is 3. The van der Waals surface area contributed by atoms with Gasteiger partial charge in [-0.1, -0.05) is 6.92 Å². The van der Waals surface area contributed by atoms with Crippen molar-refractivity contribution in [3.8, 4) is 11.3 Å². The molecule has 0 amide bonds. The van der Waals surface area contributed by atoms with E-state index in [0.29, 0.717) is 0 Å². The number of imidazole rings is 1. The summed E-state index contributed by atoms with van der Waals surface area (Å²) in [7, 11) is -2.31. The lowest BCUT2D eigenvalue weighted by molar-refractivity contribution is -0.141. The predicted molar refractivity (Wildman–Crippen MR) is 90.0 cm³/mol. The number of hydrogen-bond donors (Lipinski definition) is 0. The number of pyridine rings is 1. The first-order valence-corrected chi connectivity index (χ1v) is 9.65. The Morgan fingerprint density at radius 2 is 1.92 bits per heavy atom. The quantitative estimate of drug-likeness (QED) is 0.570. The van der Waals surface area contributed by atoms with E-state index in [1.165, 1.54) is 30.0 Å². The molecule has 3 rings (SSSR count). The van der Waals surface area contributed by atoms with Crippen LogP contribution in [0.1, 0.15) is 12.6 Å². The third-order valence-corrected chi connectivity index (χ3v) is 5.87. The van der Waals surface area contributed by atoms with Crippen molar-refractivity contribution in [3.63, 3.8) is 0 Å². The standard InChI is InChI=1S/C14H11BrF3N5O2S/c1-3-26(24,25)7-4-5-8(15)20-10(7)9-11-13(23(2)6-19-11)22-21-12(9)14(16,17)18/h4-6H,3H2,1-2H3. The third-order valence-electron chi connectivity index (χ3n) is 3.67. The molecule has 3 heterocycles. The van der Waals surface area contributed by atoms with Gasteiger partial charge in [0.05, 0.1) is 28.2 Å². The van der Waals surface area contributed by atoms with Crippen LogP contribution in [-0.4, -0.2) is 38.9 Å². The fourth-order valence-corrected chi connectivity index (χ4v) is 3.75. The molecule has 0 bridgehead atoms. The molecule has 138 valence electrons. The molecule has 0 aliphatic rings. The zero-order valence-electron chi connectivity index (χ0n) is 13.4. The lowest BCUT2D eigenvalue weighted by Crippen LogP contribution is -2.15. The lowest BCUT2D eigenvalue weighted by Gasteiger charge is -2.14. The molecular formula is C14H11BrF3N5O2S. The molecule has 26 heavy (non-hydrogen) atoms. The highest BCUT2D eigenvalue weighted by Gasteiger charge is 2.40. The molecule has 0 aliphatic heterocycles. The molecule has 0 aliphatic carbocycles. The summed E-state index contributed by atoms with van der Waals surface area (Å²) in [6.45, 7) is 1.40. The van der Waals surface area contributed by atoms with Crippen molar-refractivity contribution in [2.45, 2.75) is 18.0 Å². The molecule has 3 aromatic rings. The van der Waals surface area contributed by atoms with Gasteiger partial charge in [-0.2, -0.15) is 13.2 Å². The highest BCUT2D eigenvalue weighted by molar-refractivity contribution is 9.10. The molecule has 0 aromatic carbocycles. The Balaban J connectivity index is 2.52. The van der Waals surface area contributed by atoms with E-state index in [2.05, 4.69) is 36.1 Å². The molecule has 12 heteroatoms. The Kier molecular flexibility index (Phi) is 4.51. The monoisotopic (exact) mass is 449 g/mol. The second-order valence-electron chi connectivity index (χ2n) is 5.33. The Morgan fingerprint density at radius 3 is 2.54 bits per heavy atom. The van der Waals surface area contributed by atoms with Gasteiger partial charge in [0.15, 0.2) is 21.2 Å². The summed E-state index contributed by atoms with van der Waals surface area (Å²) in [6, 6.07) is 2.56. The van der Waals surface area contributed by atoms with Crippen molar-refractivity contribution in [1.82, 2.24) is 24.7 Å². The van der Waals surface area contributed by atoms with Crippen LogP contribution in [-0.2, 0) is 23.1 Å². The van der Waals surface area contributed by atoms with Crippen molar-refractivity contribution >= 4 is 36.9 Å². The lowest BCUT2D eigenvalue weighted by atomic mass is 10.1. The van der Waals surface area contributed by atoms with Crippen LogP contribution in [0.2, 0.25) is 0 Å². The van der Waals surface area contributed by atoms with E-state index in [0.717, 1.165) is 0 Å². The van der Waals surface area contributed by atoms with Gasteiger partial charge in [0.2, 0.25) is 0 Å². The van der Waals surface area contributed by atoms with Gasteiger partial charge < -0.3 is 4.57 Å². The second-order valence-corrected chi connectivity index (χ2v) is 8.39. The largest absolute Gasteiger partial charge is 0.435 e. The van der Waals surface area contributed by atoms with Crippen LogP contribution in [0.4, 0.5) is 13.2 Å². The minimum absolute atomic E-state index is 0.0784. The molecule has 0 unspecified atom stereocenters. The van der Waals surface area contributed by atoms with E-state index in [1.54, 1.807) is 7.05 Å². The average molecular weight is 450 g/mol. The Labute approximate surface area is 154 Å². The number of aryl methyl sites for hydroxylation is 1. The van der Waals surface area contributed by atoms with Crippen LogP contribution in [0, 0.1) is 0 Å². The van der Waals surface area contributed by atoms with Crippen molar-refractivity contribution in [3.05, 3.63) is 28.8 Å². The number of sulfone groups is 1. The number of nitrogens with zero attached hydrogens (tertiary/aromatic N) is 5. The van der Waals surface area contributed by atoms with Crippen molar-refractivity contribution in [2.24, 2.45) is 7.05 Å². The first-order chi connectivity index (χ1) is 12.1. The van der Waals surface area contributed by atoms with Gasteiger partial charge in [-0.05, 0) is 28.1 Å². The SMILES string of the molecule is CCS(=O)(=O)c1ccc(Br)nc1-c1c(C(F)(F)F)nnc2c1ncn2C. The van der Waals surface area contributed by atoms with Gasteiger partial charge in [0.25, 0.3) is 0 Å². The van der Waals surface area contributed by atoms with Gasteiger partial charge in [-0.15, -0.1) is 10.2 Å². The highest BCUT2D eigenvalue weighted by Crippen LogP contribution is 2.40. The van der Waals surface area contributed by atoms with Crippen LogP contribution >= 0.6 is 15.9 Å². The molecule has 0 radical (unpaired) electrons. The van der Waals surface area contributed by atoms with Gasteiger partial charge in [-0.3, -0.25) is 0 Å². The molecule has 0 saturated carbocycles. The van der Waals surface area contributed by atoms with Crippen molar-refractivity contribution in [2.75, 3.05) is 5.75 Å². The van der Waals surface area contributed by atoms with Crippen LogP contribution < -0.4 is 0 Å². The maximum Gasteiger partial charge on any atom is 0.435 e. The van der Waals surface area contributed by atoms with E-state index in [4.69, 9.17) is 0 Å². The minimum atomic E-state index is -4.87. The fraction of sp³-hybridized carbons (Fsp3) is 0.286. The average Bonchev–Trinajstić information content (AvgIpc) is 2.94. The predicted octanol–water partition coefficient (Wildman–Crippen LogP) is 3.00. The summed E-state index contributed by atoms with van der Waals surface area (Å²) in [5.74, 6) is -0.297. The first-order valence-electron chi connectivity index (χ1n) is 7.21. The number of halogens is 4. The summed E-state index contributed by atoms with van der Waals surface area (Å²) >= 11 is 3.08. The van der Waals surface area contributed by atoms with Gasteiger partial charge in [0.1, 0.15) is 10.1 Å². The molecule has 0 N–H and O–H groups in total. The molecule has 0 spiro atoms. The molecule has 0 fully saturated rings. The smallest absolute Gasteiger partial charge is 0.317 e. The first kappa shape index (κ1) is 18.7. The normalized spacial score (nSPS) is 12.7. The van der Waals surface area contributed by atoms with Crippen molar-refractivity contribution in [1.29, 1.82) is 0 Å². The summed E-state index contributed by atoms with van der Waals surface area (Å²) < 4.78 is 67.0. The number of fused-ring (bicyclic) bond motifs is 1. The Morgan fingerprint density at radius 1 is 1.23 bits per heavy atom. The van der Waals surface area contributed by atoms with Crippen LogP contribution in [0.15, 0.2) is 28.0 Å². The maximum absolute atomic E-state index is 13.6. The van der Waals surface area contributed by atoms with Crippen LogP contribution in [0.3, 0.4) is 0 Å². The molecule has 0 saturated heterocycles. The molecular weight excluding hydrogens is 439 g/mol. The molecule has 3 aromatic heterocycles. The topological polar surface area (TPSA) is 90.6 Å². The second kappa shape index (κ2) is 6.27. The van der Waals surface area contributed by atoms with E-state index < -0.39 is 27.3 Å². The summed E-state index contributed by atoms with van der Waals surface area (Å²) in [5, 5.41) is 6.85. The number of rotatable bonds is 3. The highest BCUT2D eigenvalue weighted by atomic mass is 79.9. The number of hydrogen-bond acceptors (Lipinski definition) is 6. The van der Waals surface area contributed by atoms with Crippen molar-refractivity contribution < 1.29 is 21.6 Å². The third kappa shape index (κ3) is 3.07. The van der Waals surface area contributed by atoms with Gasteiger partial charge >= 0.3 is 6.18 Å². The summed E-state index contributed by atoms with van der Waals surface area (Å²) in [6.07, 6.45) is -3.60. The van der Waals surface area contributed by atoms with Gasteiger partial charge in [-0.25, -0.2) is 18.4 Å². The molecule has 7 nitrogen and oxygen atoms in total. The Hall–Kier alpha value is -2.08. The van der Waals surface area contributed by atoms with E-state index in [1.807, 2.05) is 0 Å². The van der Waals surface area contributed by atoms with Crippen LogP contribution in [0.25, 0.3) is 22.4 Å². The fourth-order valence-electron chi connectivity index (χ4n) is 2.41. The summed E-state index contributed by atoms with van der Waals surface area (Å²) in [5.41, 5.74) is -2.28. The van der Waals surface area contributed by atoms with Crippen LogP contribution in [0.5, 0.6) is 0 Å². The Bertz CT molecular complexity index is 1110. The number of aromatic nitrogens is 5. The summed E-state index contributed by atoms with van der Waals surface area (Å²) in [4.78, 5) is 7.64. The van der Waals surface area contributed by atoms with Gasteiger partial charge in [0, 0.05) is 7.05 Å². The van der Waals surface area contributed by atoms with E-state index in [9.17, 15) is 21.6 Å². The zero-order valence-corrected chi connectivity index (χ0v) is 15.8. The van der Waals surface area contributed by atoms with E-state index >= 15 is 0 Å².